The molecule has 55 heavy (non-hydrogen) atoms. The van der Waals surface area contributed by atoms with Crippen molar-refractivity contribution in [3.8, 4) is 0 Å². The molecule has 5 heteroatoms. The quantitative estimate of drug-likeness (QED) is 0.0346. The molecule has 333 valence electrons. The highest BCUT2D eigenvalue weighted by molar-refractivity contribution is 6.44. The highest BCUT2D eigenvalue weighted by atomic mass is 35.5. The van der Waals surface area contributed by atoms with Gasteiger partial charge in [-0.05, 0) is 38.1 Å². The van der Waals surface area contributed by atoms with Gasteiger partial charge in [-0.1, -0.05) is 245 Å². The Morgan fingerprint density at radius 1 is 0.291 bits per heavy atom. The molecule has 0 saturated carbocycles. The van der Waals surface area contributed by atoms with E-state index in [0.717, 1.165) is 6.04 Å². The summed E-state index contributed by atoms with van der Waals surface area (Å²) in [6, 6.07) is 1.12. The molecule has 0 N–H and O–H groups in total. The predicted octanol–water partition coefficient (Wildman–Crippen LogP) is 14.3. The van der Waals surface area contributed by atoms with Crippen molar-refractivity contribution >= 4 is 9.28 Å². The first-order valence-corrected chi connectivity index (χ1v) is 26.9. The summed E-state index contributed by atoms with van der Waals surface area (Å²) >= 11 is 0. The van der Waals surface area contributed by atoms with Crippen LogP contribution in [-0.2, 0) is 8.85 Å². The molecular formula is C50H105ClNO2Si. The Balaban J connectivity index is 0. The first-order valence-electron chi connectivity index (χ1n) is 25.4. The zero-order chi connectivity index (χ0) is 39.3. The fourth-order valence-electron chi connectivity index (χ4n) is 8.73. The van der Waals surface area contributed by atoms with Crippen molar-refractivity contribution in [2.24, 2.45) is 0 Å². The van der Waals surface area contributed by atoms with Crippen LogP contribution in [0.25, 0.3) is 0 Å². The molecule has 0 amide bonds. The van der Waals surface area contributed by atoms with Crippen molar-refractivity contribution in [1.82, 2.24) is 0 Å². The van der Waals surface area contributed by atoms with Crippen molar-refractivity contribution in [2.75, 3.05) is 40.9 Å². The second-order valence-corrected chi connectivity index (χ2v) is 20.2. The lowest BCUT2D eigenvalue weighted by Crippen LogP contribution is -3.00. The molecule has 0 aliphatic rings. The summed E-state index contributed by atoms with van der Waals surface area (Å²) < 4.78 is 12.5. The van der Waals surface area contributed by atoms with Gasteiger partial charge in [0.05, 0.1) is 26.7 Å². The van der Waals surface area contributed by atoms with Crippen molar-refractivity contribution in [1.29, 1.82) is 0 Å². The second-order valence-electron chi connectivity index (χ2n) is 18.1. The minimum absolute atomic E-state index is 0. The minimum atomic E-state index is -1.06. The van der Waals surface area contributed by atoms with Gasteiger partial charge in [0.25, 0.3) is 0 Å². The zero-order valence-electron chi connectivity index (χ0n) is 39.0. The van der Waals surface area contributed by atoms with E-state index >= 15 is 0 Å². The fourth-order valence-corrected chi connectivity index (χ4v) is 9.75. The second kappa shape index (κ2) is 48.8. The molecule has 0 saturated heterocycles. The molecule has 3 nitrogen and oxygen atoms in total. The predicted molar refractivity (Wildman–Crippen MR) is 246 cm³/mol. The molecule has 0 rings (SSSR count). The van der Waals surface area contributed by atoms with Crippen molar-refractivity contribution < 1.29 is 25.7 Å². The summed E-state index contributed by atoms with van der Waals surface area (Å²) in [7, 11) is 5.14. The molecule has 0 bridgehead atoms. The van der Waals surface area contributed by atoms with Crippen LogP contribution in [0.1, 0.15) is 277 Å². The maximum atomic E-state index is 5.60. The van der Waals surface area contributed by atoms with Crippen molar-refractivity contribution in [3.05, 3.63) is 0 Å². The van der Waals surface area contributed by atoms with E-state index in [4.69, 9.17) is 8.85 Å². The van der Waals surface area contributed by atoms with Gasteiger partial charge in [-0.2, -0.15) is 0 Å². The number of hydrogen-bond donors (Lipinski definition) is 0. The summed E-state index contributed by atoms with van der Waals surface area (Å²) in [5.41, 5.74) is 0. The highest BCUT2D eigenvalue weighted by Crippen LogP contribution is 2.19. The van der Waals surface area contributed by atoms with E-state index in [2.05, 4.69) is 20.9 Å². The minimum Gasteiger partial charge on any atom is -1.00 e. The van der Waals surface area contributed by atoms with Crippen molar-refractivity contribution in [2.45, 2.75) is 283 Å². The summed E-state index contributed by atoms with van der Waals surface area (Å²) in [5.74, 6) is 0. The molecule has 0 aliphatic heterocycles. The van der Waals surface area contributed by atoms with Crippen LogP contribution in [0.5, 0.6) is 0 Å². The number of hydrogen-bond acceptors (Lipinski definition) is 2. The molecular weight excluding hydrogens is 710 g/mol. The van der Waals surface area contributed by atoms with Crippen LogP contribution < -0.4 is 12.4 Å². The van der Waals surface area contributed by atoms with Gasteiger partial charge in [0.2, 0.25) is 0 Å². The molecule has 0 aromatic rings. The van der Waals surface area contributed by atoms with Crippen LogP contribution in [-0.4, -0.2) is 54.7 Å². The van der Waals surface area contributed by atoms with E-state index in [1.165, 1.54) is 287 Å². The van der Waals surface area contributed by atoms with Crippen LogP contribution in [0.2, 0.25) is 6.04 Å². The van der Waals surface area contributed by atoms with Gasteiger partial charge in [0.15, 0.2) is 0 Å². The first-order chi connectivity index (χ1) is 26.6. The smallest absolute Gasteiger partial charge is 0.384 e. The van der Waals surface area contributed by atoms with Crippen molar-refractivity contribution in [3.63, 3.8) is 0 Å². The number of unbranched alkanes of at least 4 members (excludes halogenated alkanes) is 38. The highest BCUT2D eigenvalue weighted by Gasteiger charge is 2.22. The number of rotatable bonds is 48. The average molecular weight is 816 g/mol. The van der Waals surface area contributed by atoms with Crippen LogP contribution >= 0.6 is 0 Å². The summed E-state index contributed by atoms with van der Waals surface area (Å²) in [5, 5.41) is 0. The van der Waals surface area contributed by atoms with E-state index in [1.54, 1.807) is 0 Å². The van der Waals surface area contributed by atoms with E-state index in [1.807, 2.05) is 14.2 Å². The molecule has 0 fully saturated rings. The third-order valence-electron chi connectivity index (χ3n) is 12.6. The Hall–Kier alpha value is 0.387. The monoisotopic (exact) mass is 815 g/mol. The Kier molecular flexibility index (Phi) is 51.0. The van der Waals surface area contributed by atoms with Crippen LogP contribution in [0, 0.1) is 0 Å². The van der Waals surface area contributed by atoms with Gasteiger partial charge in [0, 0.05) is 14.2 Å². The number of halogens is 1. The SMILES string of the molecule is CCCCCCCCCCCCCCCCCCCCCC[N+](C)(CCCCCCCCCCCCCCCCCCCCCC)CCC[Si](OC)OC.[Cl-]. The van der Waals surface area contributed by atoms with E-state index in [-0.39, 0.29) is 12.4 Å². The molecule has 0 aliphatic carbocycles. The van der Waals surface area contributed by atoms with Crippen LogP contribution in [0.3, 0.4) is 0 Å². The largest absolute Gasteiger partial charge is 1.00 e. The lowest BCUT2D eigenvalue weighted by atomic mass is 10.0. The topological polar surface area (TPSA) is 18.5 Å². The van der Waals surface area contributed by atoms with Gasteiger partial charge in [-0.3, -0.25) is 0 Å². The lowest BCUT2D eigenvalue weighted by Gasteiger charge is -2.35. The van der Waals surface area contributed by atoms with Gasteiger partial charge in [-0.15, -0.1) is 0 Å². The third-order valence-corrected chi connectivity index (χ3v) is 14.3. The van der Waals surface area contributed by atoms with Gasteiger partial charge < -0.3 is 25.7 Å². The van der Waals surface area contributed by atoms with E-state index in [9.17, 15) is 0 Å². The Morgan fingerprint density at radius 2 is 0.473 bits per heavy atom. The zero-order valence-corrected chi connectivity index (χ0v) is 40.7. The molecule has 0 unspecified atom stereocenters. The first kappa shape index (κ1) is 57.5. The fraction of sp³-hybridized carbons (Fsp3) is 1.00. The summed E-state index contributed by atoms with van der Waals surface area (Å²) in [6.07, 6.45) is 59.6. The van der Waals surface area contributed by atoms with Gasteiger partial charge in [0.1, 0.15) is 0 Å². The van der Waals surface area contributed by atoms with E-state index in [0.29, 0.717) is 0 Å². The van der Waals surface area contributed by atoms with Crippen LogP contribution in [0.15, 0.2) is 0 Å². The van der Waals surface area contributed by atoms with Crippen LogP contribution in [0.4, 0.5) is 0 Å². The van der Waals surface area contributed by atoms with E-state index < -0.39 is 9.28 Å². The van der Waals surface area contributed by atoms with Gasteiger partial charge in [-0.25, -0.2) is 0 Å². The third kappa shape index (κ3) is 45.3. The lowest BCUT2D eigenvalue weighted by molar-refractivity contribution is -0.910. The summed E-state index contributed by atoms with van der Waals surface area (Å²) in [4.78, 5) is 0. The molecule has 0 aromatic heterocycles. The maximum Gasteiger partial charge on any atom is 0.384 e. The average Bonchev–Trinajstić information content (AvgIpc) is 3.18. The van der Waals surface area contributed by atoms with Gasteiger partial charge >= 0.3 is 9.28 Å². The summed E-state index contributed by atoms with van der Waals surface area (Å²) in [6.45, 7) is 8.64. The Labute approximate surface area is 357 Å². The molecule has 0 atom stereocenters. The maximum absolute atomic E-state index is 5.60. The molecule has 0 spiro atoms. The Bertz CT molecular complexity index is 634. The molecule has 0 heterocycles. The Morgan fingerprint density at radius 3 is 0.673 bits per heavy atom. The number of quaternary nitrogens is 1. The normalized spacial score (nSPS) is 11.9. The molecule has 1 radical (unpaired) electrons. The number of nitrogens with zero attached hydrogens (tertiary/aromatic N) is 1. The molecule has 0 aromatic carbocycles. The standard InChI is InChI=1S/C50H105NO2Si.ClH/c1-6-8-10-12-14-16-18-20-22-24-26-28-30-32-34-36-38-40-42-44-47-51(3,49-46-50-54(52-4)53-5)48-45-43-41-39-37-35-33-31-29-27-25-23-21-19-17-15-13-11-9-7-2;/h6-50H2,1-5H3;1H/q+1;/p-1.